The van der Waals surface area contributed by atoms with E-state index in [1.54, 1.807) is 24.3 Å². The molecule has 160 valence electrons. The number of pyridine rings is 1. The van der Waals surface area contributed by atoms with Crippen molar-refractivity contribution in [2.75, 3.05) is 0 Å². The maximum absolute atomic E-state index is 13.2. The molecule has 4 rings (SSSR count). The van der Waals surface area contributed by atoms with Crippen LogP contribution in [0.1, 0.15) is 16.1 Å². The van der Waals surface area contributed by atoms with Gasteiger partial charge >= 0.3 is 0 Å². The van der Waals surface area contributed by atoms with Gasteiger partial charge in [-0.3, -0.25) is 4.79 Å². The number of hydrogen-bond acceptors (Lipinski definition) is 4. The second-order valence-corrected chi connectivity index (χ2v) is 6.89. The molecule has 1 amide bonds. The maximum atomic E-state index is 13.2. The van der Waals surface area contributed by atoms with Gasteiger partial charge in [-0.15, -0.1) is 0 Å². The van der Waals surface area contributed by atoms with Crippen LogP contribution in [0.3, 0.4) is 0 Å². The lowest BCUT2D eigenvalue weighted by atomic mass is 10.1. The molecule has 0 saturated heterocycles. The van der Waals surface area contributed by atoms with Gasteiger partial charge in [-0.05, 0) is 78.9 Å². The summed E-state index contributed by atoms with van der Waals surface area (Å²) in [5.41, 5.74) is 7.43. The van der Waals surface area contributed by atoms with Crippen molar-refractivity contribution in [3.05, 3.63) is 108 Å². The first-order chi connectivity index (χ1) is 15.5. The Morgan fingerprint density at radius 2 is 1.50 bits per heavy atom. The normalized spacial score (nSPS) is 10.6. The van der Waals surface area contributed by atoms with E-state index in [-0.39, 0.29) is 23.9 Å². The van der Waals surface area contributed by atoms with E-state index in [9.17, 15) is 13.6 Å². The van der Waals surface area contributed by atoms with Gasteiger partial charge in [0.05, 0.1) is 5.69 Å². The van der Waals surface area contributed by atoms with Gasteiger partial charge in [-0.2, -0.15) is 0 Å². The predicted molar refractivity (Wildman–Crippen MR) is 115 cm³/mol. The van der Waals surface area contributed by atoms with Gasteiger partial charge in [-0.25, -0.2) is 13.8 Å². The van der Waals surface area contributed by atoms with Gasteiger partial charge in [0.2, 0.25) is 0 Å². The number of hydrogen-bond donors (Lipinski definition) is 1. The van der Waals surface area contributed by atoms with Crippen molar-refractivity contribution in [3.8, 4) is 28.5 Å². The average Bonchev–Trinajstić information content (AvgIpc) is 2.81. The van der Waals surface area contributed by atoms with E-state index in [1.165, 1.54) is 54.6 Å². The van der Waals surface area contributed by atoms with E-state index >= 15 is 0 Å². The fraction of sp³-hybridized carbons (Fsp3) is 0.0400. The third kappa shape index (κ3) is 5.07. The van der Waals surface area contributed by atoms with Crippen LogP contribution in [0.4, 0.5) is 8.78 Å². The number of benzene rings is 3. The van der Waals surface area contributed by atoms with Crippen LogP contribution in [0.2, 0.25) is 0 Å². The summed E-state index contributed by atoms with van der Waals surface area (Å²) in [5, 5.41) is 0. The molecule has 3 aromatic carbocycles. The molecule has 0 aliphatic heterocycles. The van der Waals surface area contributed by atoms with E-state index in [0.717, 1.165) is 5.56 Å². The van der Waals surface area contributed by atoms with E-state index in [1.807, 2.05) is 6.07 Å². The first-order valence-corrected chi connectivity index (χ1v) is 9.70. The zero-order chi connectivity index (χ0) is 22.5. The highest BCUT2D eigenvalue weighted by Crippen LogP contribution is 2.31. The molecule has 0 aliphatic carbocycles. The molecule has 0 saturated carbocycles. The van der Waals surface area contributed by atoms with Crippen molar-refractivity contribution in [2.24, 2.45) is 5.73 Å². The molecule has 0 bridgehead atoms. The number of ether oxygens (including phenoxy) is 2. The minimum atomic E-state index is -0.622. The van der Waals surface area contributed by atoms with Crippen LogP contribution in [-0.2, 0) is 6.61 Å². The Hall–Kier alpha value is -4.26. The maximum Gasteiger partial charge on any atom is 0.267 e. The van der Waals surface area contributed by atoms with Crippen molar-refractivity contribution >= 4 is 5.91 Å². The monoisotopic (exact) mass is 432 g/mol. The Labute approximate surface area is 183 Å². The number of halogens is 2. The van der Waals surface area contributed by atoms with Crippen molar-refractivity contribution < 1.29 is 23.0 Å². The summed E-state index contributed by atoms with van der Waals surface area (Å²) in [5.74, 6) is 0.0824. The number of carbonyl (C=O) groups is 1. The highest BCUT2D eigenvalue weighted by atomic mass is 19.1. The lowest BCUT2D eigenvalue weighted by molar-refractivity contribution is 0.0995. The van der Waals surface area contributed by atoms with E-state index < -0.39 is 5.91 Å². The minimum Gasteiger partial charge on any atom is -0.489 e. The fourth-order valence-corrected chi connectivity index (χ4v) is 3.01. The highest BCUT2D eigenvalue weighted by molar-refractivity contribution is 5.91. The number of nitrogens with zero attached hydrogens (tertiary/aromatic N) is 1. The van der Waals surface area contributed by atoms with Gasteiger partial charge in [0, 0.05) is 11.1 Å². The van der Waals surface area contributed by atoms with Crippen molar-refractivity contribution in [1.29, 1.82) is 0 Å². The Balaban J connectivity index is 1.66. The number of primary amides is 1. The molecule has 0 fully saturated rings. The molecular formula is C25H18F2N2O3. The van der Waals surface area contributed by atoms with Crippen LogP contribution in [0.5, 0.6) is 17.2 Å². The smallest absolute Gasteiger partial charge is 0.267 e. The number of aromatic nitrogens is 1. The van der Waals surface area contributed by atoms with Crippen molar-refractivity contribution in [2.45, 2.75) is 6.61 Å². The molecular weight excluding hydrogens is 414 g/mol. The standard InChI is InChI=1S/C25H18F2N2O3/c26-18-5-9-20(10-6-18)31-15-17-14-16(22-2-1-3-23(29-22)25(28)30)4-13-24(17)32-21-11-7-19(27)8-12-21/h1-14H,15H2,(H2,28,30). The number of nitrogens with two attached hydrogens (primary N) is 1. The quantitative estimate of drug-likeness (QED) is 0.419. The Morgan fingerprint density at radius 3 is 2.16 bits per heavy atom. The first kappa shape index (κ1) is 21.0. The van der Waals surface area contributed by atoms with Crippen molar-refractivity contribution in [1.82, 2.24) is 4.98 Å². The summed E-state index contributed by atoms with van der Waals surface area (Å²) in [6, 6.07) is 21.6. The lowest BCUT2D eigenvalue weighted by Gasteiger charge is -2.14. The summed E-state index contributed by atoms with van der Waals surface area (Å²) in [7, 11) is 0. The molecule has 0 unspecified atom stereocenters. The largest absolute Gasteiger partial charge is 0.489 e. The molecule has 32 heavy (non-hydrogen) atoms. The molecule has 0 spiro atoms. The van der Waals surface area contributed by atoms with Crippen LogP contribution in [0.15, 0.2) is 84.9 Å². The topological polar surface area (TPSA) is 74.4 Å². The van der Waals surface area contributed by atoms with Crippen LogP contribution in [0, 0.1) is 11.6 Å². The molecule has 2 N–H and O–H groups in total. The molecule has 0 atom stereocenters. The van der Waals surface area contributed by atoms with E-state index in [2.05, 4.69) is 4.98 Å². The van der Waals surface area contributed by atoms with Gasteiger partial charge in [-0.1, -0.05) is 6.07 Å². The van der Waals surface area contributed by atoms with Crippen LogP contribution in [0.25, 0.3) is 11.3 Å². The van der Waals surface area contributed by atoms with Crippen LogP contribution < -0.4 is 15.2 Å². The van der Waals surface area contributed by atoms with E-state index in [4.69, 9.17) is 15.2 Å². The zero-order valence-corrected chi connectivity index (χ0v) is 16.8. The Morgan fingerprint density at radius 1 is 0.844 bits per heavy atom. The summed E-state index contributed by atoms with van der Waals surface area (Å²) < 4.78 is 38.1. The number of carbonyl (C=O) groups excluding carboxylic acids is 1. The summed E-state index contributed by atoms with van der Waals surface area (Å²) in [4.78, 5) is 15.8. The number of rotatable bonds is 7. The van der Waals surface area contributed by atoms with Gasteiger partial charge < -0.3 is 15.2 Å². The molecule has 1 heterocycles. The van der Waals surface area contributed by atoms with Crippen LogP contribution >= 0.6 is 0 Å². The minimum absolute atomic E-state index is 0.117. The first-order valence-electron chi connectivity index (χ1n) is 9.70. The van der Waals surface area contributed by atoms with Crippen LogP contribution in [-0.4, -0.2) is 10.9 Å². The Bertz CT molecular complexity index is 1240. The van der Waals surface area contributed by atoms with Gasteiger partial charge in [0.25, 0.3) is 5.91 Å². The molecule has 0 radical (unpaired) electrons. The lowest BCUT2D eigenvalue weighted by Crippen LogP contribution is -2.13. The average molecular weight is 432 g/mol. The summed E-state index contributed by atoms with van der Waals surface area (Å²) in [6.07, 6.45) is 0. The second kappa shape index (κ2) is 9.26. The van der Waals surface area contributed by atoms with Crippen molar-refractivity contribution in [3.63, 3.8) is 0 Å². The molecule has 4 aromatic rings. The third-order valence-electron chi connectivity index (χ3n) is 4.61. The van der Waals surface area contributed by atoms with Gasteiger partial charge in [0.1, 0.15) is 41.2 Å². The molecule has 1 aromatic heterocycles. The van der Waals surface area contributed by atoms with Gasteiger partial charge in [0.15, 0.2) is 0 Å². The SMILES string of the molecule is NC(=O)c1cccc(-c2ccc(Oc3ccc(F)cc3)c(COc3ccc(F)cc3)c2)n1. The number of amides is 1. The summed E-state index contributed by atoms with van der Waals surface area (Å²) in [6.45, 7) is 0.117. The fourth-order valence-electron chi connectivity index (χ4n) is 3.01. The molecule has 7 heteroatoms. The summed E-state index contributed by atoms with van der Waals surface area (Å²) >= 11 is 0. The highest BCUT2D eigenvalue weighted by Gasteiger charge is 2.12. The zero-order valence-electron chi connectivity index (χ0n) is 16.8. The molecule has 5 nitrogen and oxygen atoms in total. The molecule has 0 aliphatic rings. The Kier molecular flexibility index (Phi) is 6.07. The second-order valence-electron chi connectivity index (χ2n) is 6.89. The predicted octanol–water partition coefficient (Wildman–Crippen LogP) is 5.50. The van der Waals surface area contributed by atoms with E-state index in [0.29, 0.717) is 28.5 Å². The third-order valence-corrected chi connectivity index (χ3v) is 4.61.